The van der Waals surface area contributed by atoms with Gasteiger partial charge in [0.15, 0.2) is 0 Å². The summed E-state index contributed by atoms with van der Waals surface area (Å²) in [6, 6.07) is 35.0. The number of ether oxygens (including phenoxy) is 3. The van der Waals surface area contributed by atoms with E-state index in [4.69, 9.17) is 14.2 Å². The minimum Gasteiger partial charge on any atom is -0.493 e. The number of carboxylic acids is 1. The van der Waals surface area contributed by atoms with Crippen molar-refractivity contribution in [2.24, 2.45) is 0 Å². The molecule has 9 nitrogen and oxygen atoms in total. The third-order valence-corrected chi connectivity index (χ3v) is 8.98. The summed E-state index contributed by atoms with van der Waals surface area (Å²) in [5.74, 6) is 0.0310. The number of carbonyl (C=O) groups is 2. The molecule has 9 heteroatoms. The van der Waals surface area contributed by atoms with Crippen molar-refractivity contribution in [1.82, 2.24) is 4.57 Å². The molecule has 0 radical (unpaired) electrons. The van der Waals surface area contributed by atoms with Crippen LogP contribution in [-0.4, -0.2) is 59.8 Å². The van der Waals surface area contributed by atoms with Gasteiger partial charge in [-0.2, -0.15) is 0 Å². The number of rotatable bonds is 11. The SMILES string of the molecule is O=C(O)Oc1c(CCCOc2cccc3ccccc23)c2cccc(-c3ccccc3N3CCOCC3)c2n1Cc1ccc(C(=O)O)cc1. The molecule has 0 spiro atoms. The van der Waals surface area contributed by atoms with Crippen molar-refractivity contribution in [3.05, 3.63) is 126 Å². The van der Waals surface area contributed by atoms with Gasteiger partial charge in [0.1, 0.15) is 5.75 Å². The molecule has 0 aliphatic carbocycles. The van der Waals surface area contributed by atoms with Crippen molar-refractivity contribution in [2.75, 3.05) is 37.8 Å². The molecule has 1 saturated heterocycles. The van der Waals surface area contributed by atoms with Crippen LogP contribution >= 0.6 is 0 Å². The third-order valence-electron chi connectivity index (χ3n) is 8.98. The number of aryl methyl sites for hydroxylation is 1. The summed E-state index contributed by atoms with van der Waals surface area (Å²) in [6.07, 6.45) is -0.294. The first kappa shape index (κ1) is 31.8. The zero-order valence-corrected chi connectivity index (χ0v) is 26.9. The van der Waals surface area contributed by atoms with Crippen LogP contribution in [0.3, 0.4) is 0 Å². The Morgan fingerprint density at radius 1 is 0.755 bits per heavy atom. The lowest BCUT2D eigenvalue weighted by atomic mass is 9.98. The number of morpholine rings is 1. The van der Waals surface area contributed by atoms with Crippen LogP contribution in [0, 0.1) is 0 Å². The van der Waals surface area contributed by atoms with Crippen molar-refractivity contribution in [3.8, 4) is 22.8 Å². The molecule has 0 amide bonds. The second-order valence-electron chi connectivity index (χ2n) is 12.0. The summed E-state index contributed by atoms with van der Waals surface area (Å²) in [7, 11) is 0. The lowest BCUT2D eigenvalue weighted by molar-refractivity contribution is 0.0696. The Kier molecular flexibility index (Phi) is 9.16. The highest BCUT2D eigenvalue weighted by atomic mass is 16.7. The minimum atomic E-state index is -1.41. The van der Waals surface area contributed by atoms with Crippen LogP contribution in [-0.2, 0) is 17.7 Å². The van der Waals surface area contributed by atoms with Crippen LogP contribution in [0.5, 0.6) is 11.6 Å². The first-order valence-corrected chi connectivity index (χ1v) is 16.4. The third kappa shape index (κ3) is 6.66. The maximum Gasteiger partial charge on any atom is 0.512 e. The monoisotopic (exact) mass is 656 g/mol. The van der Waals surface area contributed by atoms with E-state index in [1.54, 1.807) is 24.3 Å². The fourth-order valence-corrected chi connectivity index (χ4v) is 6.74. The minimum absolute atomic E-state index is 0.176. The van der Waals surface area contributed by atoms with Gasteiger partial charge >= 0.3 is 12.1 Å². The molecular weight excluding hydrogens is 620 g/mol. The molecule has 5 aromatic carbocycles. The Hall–Kier alpha value is -5.80. The average Bonchev–Trinajstić information content (AvgIpc) is 3.41. The number of para-hydroxylation sites is 2. The van der Waals surface area contributed by atoms with Gasteiger partial charge in [-0.15, -0.1) is 0 Å². The zero-order chi connectivity index (χ0) is 33.7. The maximum absolute atomic E-state index is 12.2. The first-order chi connectivity index (χ1) is 24.0. The molecule has 1 aromatic heterocycles. The number of hydrogen-bond acceptors (Lipinski definition) is 6. The second-order valence-corrected chi connectivity index (χ2v) is 12.0. The van der Waals surface area contributed by atoms with Gasteiger partial charge in [-0.3, -0.25) is 0 Å². The Labute approximate surface area is 283 Å². The van der Waals surface area contributed by atoms with Crippen molar-refractivity contribution >= 4 is 39.5 Å². The summed E-state index contributed by atoms with van der Waals surface area (Å²) >= 11 is 0. The molecule has 7 rings (SSSR count). The lowest BCUT2D eigenvalue weighted by Crippen LogP contribution is -2.36. The topological polar surface area (TPSA) is 110 Å². The fourth-order valence-electron chi connectivity index (χ4n) is 6.74. The van der Waals surface area contributed by atoms with Crippen LogP contribution < -0.4 is 14.4 Å². The highest BCUT2D eigenvalue weighted by Gasteiger charge is 2.25. The van der Waals surface area contributed by atoms with Gasteiger partial charge in [0.2, 0.25) is 5.88 Å². The predicted molar refractivity (Wildman–Crippen MR) is 189 cm³/mol. The summed E-state index contributed by atoms with van der Waals surface area (Å²) in [4.78, 5) is 26.1. The zero-order valence-electron chi connectivity index (χ0n) is 26.9. The summed E-state index contributed by atoms with van der Waals surface area (Å²) in [5.41, 5.74) is 5.62. The number of aromatic carboxylic acids is 1. The van der Waals surface area contributed by atoms with E-state index in [0.29, 0.717) is 32.7 Å². The quantitative estimate of drug-likeness (QED) is 0.106. The molecule has 248 valence electrons. The van der Waals surface area contributed by atoms with E-state index in [-0.39, 0.29) is 18.0 Å². The number of carboxylic acid groups (broad SMARTS) is 2. The van der Waals surface area contributed by atoms with E-state index in [9.17, 15) is 19.8 Å². The molecular formula is C40H36N2O7. The van der Waals surface area contributed by atoms with Crippen LogP contribution in [0.2, 0.25) is 0 Å². The van der Waals surface area contributed by atoms with Crippen LogP contribution in [0.15, 0.2) is 109 Å². The molecule has 0 bridgehead atoms. The second kappa shape index (κ2) is 14.1. The van der Waals surface area contributed by atoms with Gasteiger partial charge in [0.25, 0.3) is 0 Å². The molecule has 1 fully saturated rings. The molecule has 6 aromatic rings. The molecule has 0 unspecified atom stereocenters. The number of benzene rings is 5. The molecule has 2 heterocycles. The van der Waals surface area contributed by atoms with Crippen LogP contribution in [0.25, 0.3) is 32.8 Å². The average molecular weight is 657 g/mol. The van der Waals surface area contributed by atoms with Crippen LogP contribution in [0.4, 0.5) is 10.5 Å². The Morgan fingerprint density at radius 2 is 1.45 bits per heavy atom. The van der Waals surface area contributed by atoms with E-state index < -0.39 is 12.1 Å². The van der Waals surface area contributed by atoms with Crippen molar-refractivity contribution < 1.29 is 34.0 Å². The number of fused-ring (bicyclic) bond motifs is 2. The summed E-state index contributed by atoms with van der Waals surface area (Å²) < 4.78 is 19.4. The van der Waals surface area contributed by atoms with Gasteiger partial charge in [-0.25, -0.2) is 9.59 Å². The molecule has 1 aliphatic rings. The number of nitrogens with zero attached hydrogens (tertiary/aromatic N) is 2. The number of anilines is 1. The first-order valence-electron chi connectivity index (χ1n) is 16.4. The van der Waals surface area contributed by atoms with E-state index in [0.717, 1.165) is 68.5 Å². The van der Waals surface area contributed by atoms with Gasteiger partial charge in [-0.1, -0.05) is 84.9 Å². The molecule has 2 N–H and O–H groups in total. The Morgan fingerprint density at radius 3 is 2.24 bits per heavy atom. The largest absolute Gasteiger partial charge is 0.512 e. The van der Waals surface area contributed by atoms with Gasteiger partial charge in [-0.05, 0) is 48.1 Å². The van der Waals surface area contributed by atoms with Gasteiger partial charge < -0.3 is 33.9 Å². The van der Waals surface area contributed by atoms with Crippen molar-refractivity contribution in [1.29, 1.82) is 0 Å². The Bertz CT molecular complexity index is 2130. The maximum atomic E-state index is 12.2. The number of aromatic nitrogens is 1. The lowest BCUT2D eigenvalue weighted by Gasteiger charge is -2.31. The van der Waals surface area contributed by atoms with E-state index in [1.165, 1.54) is 0 Å². The predicted octanol–water partition coefficient (Wildman–Crippen LogP) is 8.11. The molecule has 0 atom stereocenters. The van der Waals surface area contributed by atoms with Crippen molar-refractivity contribution in [3.63, 3.8) is 0 Å². The summed E-state index contributed by atoms with van der Waals surface area (Å²) in [6.45, 7) is 3.50. The van der Waals surface area contributed by atoms with Gasteiger partial charge in [0, 0.05) is 46.2 Å². The molecule has 1 aliphatic heterocycles. The highest BCUT2D eigenvalue weighted by Crippen LogP contribution is 2.42. The van der Waals surface area contributed by atoms with Crippen LogP contribution in [0.1, 0.15) is 27.9 Å². The fraction of sp³-hybridized carbons (Fsp3) is 0.200. The Balaban J connectivity index is 1.31. The van der Waals surface area contributed by atoms with Gasteiger partial charge in [0.05, 0.1) is 37.4 Å². The molecule has 0 saturated carbocycles. The van der Waals surface area contributed by atoms with E-state index >= 15 is 0 Å². The highest BCUT2D eigenvalue weighted by molar-refractivity contribution is 6.01. The van der Waals surface area contributed by atoms with E-state index in [2.05, 4.69) is 35.2 Å². The normalized spacial score (nSPS) is 13.1. The van der Waals surface area contributed by atoms with Crippen molar-refractivity contribution in [2.45, 2.75) is 19.4 Å². The summed E-state index contributed by atoms with van der Waals surface area (Å²) in [5, 5.41) is 22.5. The number of hydrogen-bond donors (Lipinski definition) is 2. The van der Waals surface area contributed by atoms with E-state index in [1.807, 2.05) is 59.2 Å². The molecule has 49 heavy (non-hydrogen) atoms. The standard InChI is InChI=1S/C40H36N2O7/c43-39(44)29-19-17-27(18-20-29)26-42-37-32(31-11-3-4-15-35(31)41-21-24-47-25-22-41)12-6-13-33(37)34(38(42)49-40(45)46)14-7-23-48-36-16-5-9-28-8-1-2-10-30(28)36/h1-6,8-13,15-20H,7,14,21-26H2,(H,43,44)(H,45,46). The smallest absolute Gasteiger partial charge is 0.493 e.